The third-order valence-electron chi connectivity index (χ3n) is 6.18. The molecule has 1 aliphatic carbocycles. The van der Waals surface area contributed by atoms with Gasteiger partial charge in [0.05, 0.1) is 18.8 Å². The van der Waals surface area contributed by atoms with E-state index in [1.54, 1.807) is 19.3 Å². The highest BCUT2D eigenvalue weighted by atomic mass is 16.5. The van der Waals surface area contributed by atoms with Crippen molar-refractivity contribution in [2.24, 2.45) is 5.92 Å². The second-order valence-electron chi connectivity index (χ2n) is 9.42. The first-order valence-corrected chi connectivity index (χ1v) is 10.3. The molecule has 158 valence electrons. The number of ether oxygens (including phenoxy) is 4. The van der Waals surface area contributed by atoms with Crippen LogP contribution in [0.15, 0.2) is 41.4 Å². The van der Waals surface area contributed by atoms with Gasteiger partial charge in [-0.3, -0.25) is 4.79 Å². The fourth-order valence-electron chi connectivity index (χ4n) is 4.58. The molecule has 0 saturated carbocycles. The number of hydrogen-bond acceptors (Lipinski definition) is 6. The van der Waals surface area contributed by atoms with Crippen molar-refractivity contribution in [1.29, 1.82) is 0 Å². The Morgan fingerprint density at radius 1 is 1.20 bits per heavy atom. The number of carbonyl (C=O) groups is 1. The molecule has 0 fully saturated rings. The summed E-state index contributed by atoms with van der Waals surface area (Å²) in [6.07, 6.45) is 5.86. The van der Waals surface area contributed by atoms with Gasteiger partial charge in [0.2, 0.25) is 0 Å². The molecule has 5 rings (SSSR count). The third kappa shape index (κ3) is 2.77. The summed E-state index contributed by atoms with van der Waals surface area (Å²) in [5.41, 5.74) is 1.03. The zero-order valence-electron chi connectivity index (χ0n) is 17.9. The zero-order chi connectivity index (χ0) is 21.4. The number of aliphatic hydroxyl groups excluding tert-OH is 1. The molecule has 1 N–H and O–H groups in total. The van der Waals surface area contributed by atoms with E-state index < -0.39 is 17.6 Å². The van der Waals surface area contributed by atoms with Gasteiger partial charge in [-0.1, -0.05) is 6.08 Å². The van der Waals surface area contributed by atoms with E-state index in [1.165, 1.54) is 0 Å². The Morgan fingerprint density at radius 3 is 2.70 bits per heavy atom. The summed E-state index contributed by atoms with van der Waals surface area (Å²) in [4.78, 5) is 13.6. The van der Waals surface area contributed by atoms with E-state index in [9.17, 15) is 9.90 Å². The van der Waals surface area contributed by atoms with Crippen LogP contribution in [0.5, 0.6) is 17.2 Å². The average Bonchev–Trinajstić information content (AvgIpc) is 2.65. The summed E-state index contributed by atoms with van der Waals surface area (Å²) in [6.45, 7) is 7.91. The lowest BCUT2D eigenvalue weighted by atomic mass is 9.77. The molecular formula is C24H26O6. The van der Waals surface area contributed by atoms with Crippen molar-refractivity contribution in [3.63, 3.8) is 0 Å². The van der Waals surface area contributed by atoms with Crippen LogP contribution in [0.25, 0.3) is 0 Å². The summed E-state index contributed by atoms with van der Waals surface area (Å²) >= 11 is 0. The molecule has 2 unspecified atom stereocenters. The van der Waals surface area contributed by atoms with Crippen LogP contribution in [0.2, 0.25) is 0 Å². The van der Waals surface area contributed by atoms with E-state index in [0.717, 1.165) is 12.0 Å². The number of Topliss-reactive ketones (excluding diaryl/α,β-unsaturated/α-hetero) is 1. The first-order valence-electron chi connectivity index (χ1n) is 10.3. The molecule has 0 spiro atoms. The fourth-order valence-corrected chi connectivity index (χ4v) is 4.58. The van der Waals surface area contributed by atoms with Crippen molar-refractivity contribution in [3.05, 3.63) is 52.5 Å². The number of allylic oxidation sites excluding steroid dienone is 1. The van der Waals surface area contributed by atoms with Gasteiger partial charge in [0.1, 0.15) is 34.4 Å². The zero-order valence-corrected chi connectivity index (χ0v) is 17.9. The molecular weight excluding hydrogens is 384 g/mol. The SMILES string of the molecule is COc1cc2c(c3c1OC(C)(C)CC3)C(=O)C1C(=CC3=C(C=CC(C)(C)O3)C1O)O2. The lowest BCUT2D eigenvalue weighted by molar-refractivity contribution is 0.0516. The first kappa shape index (κ1) is 19.2. The number of carbonyl (C=O) groups excluding carboxylic acids is 1. The van der Waals surface area contributed by atoms with Gasteiger partial charge in [-0.05, 0) is 46.6 Å². The molecule has 3 heterocycles. The normalized spacial score (nSPS) is 27.4. The van der Waals surface area contributed by atoms with Crippen LogP contribution >= 0.6 is 0 Å². The molecule has 0 aromatic heterocycles. The van der Waals surface area contributed by atoms with Gasteiger partial charge in [-0.25, -0.2) is 0 Å². The standard InChI is InChI=1S/C24H26O6/c1-23(2)8-6-12-14(29-23)10-16-19(20(12)25)21(26)18-13-7-9-24(3,4)30-22(13)17(27-5)11-15(18)28-16/h6,8,10-11,19-20,25H,7,9H2,1-5H3. The van der Waals surface area contributed by atoms with Crippen LogP contribution < -0.4 is 14.2 Å². The van der Waals surface area contributed by atoms with Crippen LogP contribution in [0.1, 0.15) is 50.0 Å². The Balaban J connectivity index is 1.63. The second kappa shape index (κ2) is 6.14. The maximum atomic E-state index is 13.6. The third-order valence-corrected chi connectivity index (χ3v) is 6.18. The van der Waals surface area contributed by atoms with E-state index in [0.29, 0.717) is 46.3 Å². The van der Waals surface area contributed by atoms with Crippen LogP contribution in [0.3, 0.4) is 0 Å². The second-order valence-corrected chi connectivity index (χ2v) is 9.42. The van der Waals surface area contributed by atoms with Gasteiger partial charge in [0, 0.05) is 23.3 Å². The molecule has 3 aliphatic heterocycles. The van der Waals surface area contributed by atoms with E-state index in [2.05, 4.69) is 0 Å². The van der Waals surface area contributed by atoms with Gasteiger partial charge in [-0.2, -0.15) is 0 Å². The number of fused-ring (bicyclic) bond motifs is 4. The maximum absolute atomic E-state index is 13.6. The molecule has 6 heteroatoms. The molecule has 0 amide bonds. The first-order chi connectivity index (χ1) is 14.1. The van der Waals surface area contributed by atoms with E-state index in [1.807, 2.05) is 39.8 Å². The van der Waals surface area contributed by atoms with Gasteiger partial charge in [0.25, 0.3) is 0 Å². The largest absolute Gasteiger partial charge is 0.493 e. The summed E-state index contributed by atoms with van der Waals surface area (Å²) in [5.74, 6) is 1.52. The highest BCUT2D eigenvalue weighted by molar-refractivity contribution is 6.06. The molecule has 0 bridgehead atoms. The number of hydrogen-bond donors (Lipinski definition) is 1. The lowest BCUT2D eigenvalue weighted by Gasteiger charge is -2.40. The van der Waals surface area contributed by atoms with Gasteiger partial charge < -0.3 is 24.1 Å². The monoisotopic (exact) mass is 410 g/mol. The molecule has 0 radical (unpaired) electrons. The van der Waals surface area contributed by atoms with E-state index in [4.69, 9.17) is 18.9 Å². The highest BCUT2D eigenvalue weighted by Crippen LogP contribution is 2.50. The number of aliphatic hydroxyl groups is 1. The van der Waals surface area contributed by atoms with Crippen LogP contribution in [-0.4, -0.2) is 35.3 Å². The quantitative estimate of drug-likeness (QED) is 0.758. The van der Waals surface area contributed by atoms with E-state index >= 15 is 0 Å². The summed E-state index contributed by atoms with van der Waals surface area (Å²) in [5, 5.41) is 11.1. The molecule has 30 heavy (non-hydrogen) atoms. The number of benzene rings is 1. The minimum absolute atomic E-state index is 0.165. The van der Waals surface area contributed by atoms with Crippen molar-refractivity contribution in [2.45, 2.75) is 57.8 Å². The Hall–Kier alpha value is -2.73. The summed E-state index contributed by atoms with van der Waals surface area (Å²) in [6, 6.07) is 1.70. The Labute approximate surface area is 175 Å². The van der Waals surface area contributed by atoms with Gasteiger partial charge in [0.15, 0.2) is 17.3 Å². The van der Waals surface area contributed by atoms with Gasteiger partial charge >= 0.3 is 0 Å². The molecule has 4 aliphatic rings. The summed E-state index contributed by atoms with van der Waals surface area (Å²) in [7, 11) is 1.57. The van der Waals surface area contributed by atoms with Gasteiger partial charge in [-0.15, -0.1) is 0 Å². The topological polar surface area (TPSA) is 74.2 Å². The molecule has 0 saturated heterocycles. The molecule has 2 atom stereocenters. The number of methoxy groups -OCH3 is 1. The molecule has 1 aromatic carbocycles. The average molecular weight is 410 g/mol. The molecule has 6 nitrogen and oxygen atoms in total. The van der Waals surface area contributed by atoms with Crippen molar-refractivity contribution in [2.75, 3.05) is 7.11 Å². The summed E-state index contributed by atoms with van der Waals surface area (Å²) < 4.78 is 23.9. The Bertz CT molecular complexity index is 1060. The van der Waals surface area contributed by atoms with Crippen molar-refractivity contribution >= 4 is 5.78 Å². The van der Waals surface area contributed by atoms with Crippen LogP contribution in [0.4, 0.5) is 0 Å². The Morgan fingerprint density at radius 2 is 1.97 bits per heavy atom. The molecule has 1 aromatic rings. The predicted octanol–water partition coefficient (Wildman–Crippen LogP) is 3.87. The minimum atomic E-state index is -1.04. The fraction of sp³-hybridized carbons (Fsp3) is 0.458. The van der Waals surface area contributed by atoms with Crippen molar-refractivity contribution < 1.29 is 28.8 Å². The van der Waals surface area contributed by atoms with Crippen LogP contribution in [0, 0.1) is 5.92 Å². The highest BCUT2D eigenvalue weighted by Gasteiger charge is 2.47. The minimum Gasteiger partial charge on any atom is -0.493 e. The number of rotatable bonds is 1. The van der Waals surface area contributed by atoms with Crippen LogP contribution in [-0.2, 0) is 11.2 Å². The maximum Gasteiger partial charge on any atom is 0.180 e. The smallest absolute Gasteiger partial charge is 0.180 e. The van der Waals surface area contributed by atoms with Crippen molar-refractivity contribution in [3.8, 4) is 17.2 Å². The lowest BCUT2D eigenvalue weighted by Crippen LogP contribution is -2.42. The number of ketones is 1. The predicted molar refractivity (Wildman–Crippen MR) is 110 cm³/mol. The van der Waals surface area contributed by atoms with Crippen molar-refractivity contribution in [1.82, 2.24) is 0 Å². The van der Waals surface area contributed by atoms with E-state index in [-0.39, 0.29) is 11.4 Å². The Kier molecular flexibility index (Phi) is 3.94.